The van der Waals surface area contributed by atoms with Crippen molar-refractivity contribution < 1.29 is 28.9 Å². The van der Waals surface area contributed by atoms with E-state index in [1.165, 1.54) is 37.7 Å². The SMILES string of the molecule is CC1=C([N+](=O)[O-])C(c2ccc(OCCOc3ccc(C4NC(=O)N(C)C(C)=C4[N+](=O)[O-])cc3)cc2)NC(=O)N1C. The van der Waals surface area contributed by atoms with E-state index in [4.69, 9.17) is 9.47 Å². The molecule has 0 radical (unpaired) electrons. The zero-order valence-electron chi connectivity index (χ0n) is 22.2. The van der Waals surface area contributed by atoms with Gasteiger partial charge in [0.15, 0.2) is 0 Å². The Kier molecular flexibility index (Phi) is 7.88. The standard InChI is InChI=1S/C26H28N6O8/c1-15-23(31(35)36)21(27-25(33)29(15)3)17-5-9-19(10-6-17)39-13-14-40-20-11-7-18(8-12-20)22-24(32(37)38)16(2)30(4)26(34)28-22/h5-12,21-22H,13-14H2,1-4H3,(H,27,33)(H,28,34). The van der Waals surface area contributed by atoms with Gasteiger partial charge in [-0.05, 0) is 49.2 Å². The molecule has 4 amide bonds. The first kappa shape index (κ1) is 27.9. The number of carbonyl (C=O) groups is 2. The van der Waals surface area contributed by atoms with E-state index < -0.39 is 34.0 Å². The molecule has 4 rings (SSSR count). The van der Waals surface area contributed by atoms with E-state index in [1.54, 1.807) is 48.5 Å². The summed E-state index contributed by atoms with van der Waals surface area (Å²) in [4.78, 5) is 49.0. The summed E-state index contributed by atoms with van der Waals surface area (Å²) < 4.78 is 11.4. The number of nitrogens with zero attached hydrogens (tertiary/aromatic N) is 4. The minimum absolute atomic E-state index is 0.103. The molecular formula is C26H28N6O8. The fraction of sp³-hybridized carbons (Fsp3) is 0.308. The fourth-order valence-electron chi connectivity index (χ4n) is 4.43. The highest BCUT2D eigenvalue weighted by Crippen LogP contribution is 2.32. The van der Waals surface area contributed by atoms with Crippen molar-refractivity contribution in [3.8, 4) is 11.5 Å². The van der Waals surface area contributed by atoms with Crippen molar-refractivity contribution in [2.24, 2.45) is 0 Å². The van der Waals surface area contributed by atoms with Crippen LogP contribution in [0.3, 0.4) is 0 Å². The van der Waals surface area contributed by atoms with Crippen LogP contribution in [0.2, 0.25) is 0 Å². The van der Waals surface area contributed by atoms with E-state index in [1.807, 2.05) is 0 Å². The third kappa shape index (κ3) is 5.50. The smallest absolute Gasteiger partial charge is 0.322 e. The third-order valence-corrected chi connectivity index (χ3v) is 6.88. The lowest BCUT2D eigenvalue weighted by Gasteiger charge is -2.29. The van der Waals surface area contributed by atoms with Gasteiger partial charge in [-0.3, -0.25) is 30.0 Å². The van der Waals surface area contributed by atoms with Gasteiger partial charge in [-0.2, -0.15) is 0 Å². The lowest BCUT2D eigenvalue weighted by atomic mass is 10.0. The Balaban J connectivity index is 1.33. The number of hydrogen-bond acceptors (Lipinski definition) is 8. The largest absolute Gasteiger partial charge is 0.490 e. The number of amides is 4. The van der Waals surface area contributed by atoms with Gasteiger partial charge in [0.1, 0.15) is 36.8 Å². The molecule has 14 nitrogen and oxygen atoms in total. The maximum atomic E-state index is 12.2. The van der Waals surface area contributed by atoms with Crippen molar-refractivity contribution in [3.05, 3.63) is 103 Å². The summed E-state index contributed by atoms with van der Waals surface area (Å²) in [7, 11) is 2.94. The zero-order chi connectivity index (χ0) is 29.1. The molecule has 0 saturated heterocycles. The van der Waals surface area contributed by atoms with Gasteiger partial charge in [-0.1, -0.05) is 24.3 Å². The number of nitro groups is 2. The summed E-state index contributed by atoms with van der Waals surface area (Å²) in [6.45, 7) is 3.46. The van der Waals surface area contributed by atoms with Crippen molar-refractivity contribution in [3.63, 3.8) is 0 Å². The highest BCUT2D eigenvalue weighted by molar-refractivity contribution is 5.79. The first-order chi connectivity index (χ1) is 19.0. The normalized spacial score (nSPS) is 19.3. The molecular weight excluding hydrogens is 524 g/mol. The van der Waals surface area contributed by atoms with E-state index in [0.29, 0.717) is 22.6 Å². The molecule has 0 aromatic heterocycles. The fourth-order valence-corrected chi connectivity index (χ4v) is 4.43. The van der Waals surface area contributed by atoms with Crippen LogP contribution in [0.25, 0.3) is 0 Å². The number of benzene rings is 2. The molecule has 2 heterocycles. The van der Waals surface area contributed by atoms with Gasteiger partial charge in [-0.25, -0.2) is 9.59 Å². The molecule has 2 unspecified atom stereocenters. The third-order valence-electron chi connectivity index (χ3n) is 6.88. The van der Waals surface area contributed by atoms with Crippen LogP contribution in [0.1, 0.15) is 37.1 Å². The molecule has 2 aromatic rings. The number of allylic oxidation sites excluding steroid dienone is 2. The molecule has 2 aromatic carbocycles. The first-order valence-electron chi connectivity index (χ1n) is 12.2. The molecule has 40 heavy (non-hydrogen) atoms. The molecule has 0 aliphatic carbocycles. The van der Waals surface area contributed by atoms with Crippen LogP contribution in [-0.4, -0.2) is 59.0 Å². The van der Waals surface area contributed by atoms with Gasteiger partial charge in [-0.15, -0.1) is 0 Å². The van der Waals surface area contributed by atoms with Gasteiger partial charge in [0.2, 0.25) is 0 Å². The summed E-state index contributed by atoms with van der Waals surface area (Å²) in [6.07, 6.45) is 0. The number of rotatable bonds is 9. The summed E-state index contributed by atoms with van der Waals surface area (Å²) in [5, 5.41) is 28.5. The number of ether oxygens (including phenoxy) is 2. The Morgan fingerprint density at radius 3 is 1.32 bits per heavy atom. The van der Waals surface area contributed by atoms with Gasteiger partial charge in [0, 0.05) is 14.1 Å². The van der Waals surface area contributed by atoms with Crippen molar-refractivity contribution in [2.75, 3.05) is 27.3 Å². The van der Waals surface area contributed by atoms with E-state index >= 15 is 0 Å². The van der Waals surface area contributed by atoms with E-state index in [9.17, 15) is 29.8 Å². The van der Waals surface area contributed by atoms with E-state index in [2.05, 4.69) is 10.6 Å². The molecule has 2 aliphatic heterocycles. The van der Waals surface area contributed by atoms with Crippen LogP contribution < -0.4 is 20.1 Å². The van der Waals surface area contributed by atoms with E-state index in [-0.39, 0.29) is 36.0 Å². The second-order valence-corrected chi connectivity index (χ2v) is 9.17. The summed E-state index contributed by atoms with van der Waals surface area (Å²) >= 11 is 0. The Labute approximate surface area is 229 Å². The average molecular weight is 553 g/mol. The minimum atomic E-state index is -0.886. The Bertz CT molecular complexity index is 1300. The van der Waals surface area contributed by atoms with Crippen LogP contribution >= 0.6 is 0 Å². The first-order valence-corrected chi connectivity index (χ1v) is 12.2. The van der Waals surface area contributed by atoms with Crippen molar-refractivity contribution >= 4 is 12.1 Å². The molecule has 2 atom stereocenters. The number of carbonyl (C=O) groups excluding carboxylic acids is 2. The van der Waals surface area contributed by atoms with Crippen LogP contribution in [0, 0.1) is 20.2 Å². The quantitative estimate of drug-likeness (QED) is 0.270. The molecule has 2 N–H and O–H groups in total. The summed E-state index contributed by atoms with van der Waals surface area (Å²) in [5.41, 5.74) is 1.42. The average Bonchev–Trinajstić information content (AvgIpc) is 2.92. The Hall–Kier alpha value is -5.14. The molecule has 0 saturated carbocycles. The Morgan fingerprint density at radius 1 is 0.700 bits per heavy atom. The molecule has 0 bridgehead atoms. The van der Waals surface area contributed by atoms with Gasteiger partial charge in [0.25, 0.3) is 11.4 Å². The van der Waals surface area contributed by atoms with E-state index in [0.717, 1.165) is 0 Å². The predicted octanol–water partition coefficient (Wildman–Crippen LogP) is 3.55. The van der Waals surface area contributed by atoms with Gasteiger partial charge in [0.05, 0.1) is 21.2 Å². The zero-order valence-corrected chi connectivity index (χ0v) is 22.2. The van der Waals surface area contributed by atoms with Crippen molar-refractivity contribution in [1.29, 1.82) is 0 Å². The summed E-state index contributed by atoms with van der Waals surface area (Å²) in [5.74, 6) is 1.02. The topological polar surface area (TPSA) is 169 Å². The monoisotopic (exact) mass is 552 g/mol. The maximum Gasteiger partial charge on any atom is 0.322 e. The number of nitrogens with one attached hydrogen (secondary N) is 2. The molecule has 0 fully saturated rings. The van der Waals surface area contributed by atoms with Crippen LogP contribution in [0.15, 0.2) is 71.3 Å². The highest BCUT2D eigenvalue weighted by Gasteiger charge is 2.39. The Morgan fingerprint density at radius 2 is 1.02 bits per heavy atom. The van der Waals surface area contributed by atoms with Gasteiger partial charge < -0.3 is 20.1 Å². The predicted molar refractivity (Wildman–Crippen MR) is 141 cm³/mol. The minimum Gasteiger partial charge on any atom is -0.490 e. The lowest BCUT2D eigenvalue weighted by Crippen LogP contribution is -2.45. The van der Waals surface area contributed by atoms with Gasteiger partial charge >= 0.3 is 12.1 Å². The highest BCUT2D eigenvalue weighted by atomic mass is 16.6. The molecule has 210 valence electrons. The molecule has 0 spiro atoms. The molecule has 2 aliphatic rings. The van der Waals surface area contributed by atoms with Crippen LogP contribution in [0.5, 0.6) is 11.5 Å². The maximum absolute atomic E-state index is 12.2. The van der Waals surface area contributed by atoms with Crippen molar-refractivity contribution in [1.82, 2.24) is 20.4 Å². The number of hydrogen-bond donors (Lipinski definition) is 2. The second kappa shape index (κ2) is 11.3. The number of urea groups is 2. The summed E-state index contributed by atoms with van der Waals surface area (Å²) in [6, 6.07) is 10.6. The lowest BCUT2D eigenvalue weighted by molar-refractivity contribution is -0.433. The molecule has 14 heteroatoms. The van der Waals surface area contributed by atoms with Crippen LogP contribution in [0.4, 0.5) is 9.59 Å². The van der Waals surface area contributed by atoms with Crippen molar-refractivity contribution in [2.45, 2.75) is 25.9 Å². The van der Waals surface area contributed by atoms with Crippen LogP contribution in [-0.2, 0) is 0 Å². The second-order valence-electron chi connectivity index (χ2n) is 9.17.